The predicted molar refractivity (Wildman–Crippen MR) is 118 cm³/mol. The standard InChI is InChI=1S/C24H21N7/c1-2-16(10-19(3-1)30-12-22(25-13-30)15-4-5-15)23-20-11-17(6-9-21(20)27-28-23)24-29-26-14-31(24)18-7-8-18/h1-3,6,9-15,18H,4-5,7-8H2,(H,27,28). The van der Waals surface area contributed by atoms with E-state index in [9.17, 15) is 0 Å². The first-order valence-corrected chi connectivity index (χ1v) is 10.9. The van der Waals surface area contributed by atoms with Crippen LogP contribution < -0.4 is 0 Å². The molecule has 0 saturated heterocycles. The topological polar surface area (TPSA) is 77.2 Å². The molecule has 3 aromatic heterocycles. The largest absolute Gasteiger partial charge is 0.310 e. The third-order valence-corrected chi connectivity index (χ3v) is 6.35. The van der Waals surface area contributed by atoms with Crippen molar-refractivity contribution < 1.29 is 0 Å². The van der Waals surface area contributed by atoms with Gasteiger partial charge in [-0.1, -0.05) is 12.1 Å². The SMILES string of the molecule is c1cc(-c2n[nH]c3ccc(-c4nncn4C4CC4)cc23)cc(-n2cnc(C3CC3)c2)c1. The summed E-state index contributed by atoms with van der Waals surface area (Å²) in [5.41, 5.74) is 6.39. The molecule has 2 aromatic carbocycles. The Morgan fingerprint density at radius 3 is 2.74 bits per heavy atom. The summed E-state index contributed by atoms with van der Waals surface area (Å²) in [4.78, 5) is 4.59. The summed E-state index contributed by atoms with van der Waals surface area (Å²) < 4.78 is 4.30. The quantitative estimate of drug-likeness (QED) is 0.450. The summed E-state index contributed by atoms with van der Waals surface area (Å²) in [5, 5.41) is 17.5. The molecule has 7 nitrogen and oxygen atoms in total. The van der Waals surface area contributed by atoms with E-state index in [1.54, 1.807) is 0 Å². The van der Waals surface area contributed by atoms with E-state index >= 15 is 0 Å². The maximum absolute atomic E-state index is 4.64. The number of imidazole rings is 1. The van der Waals surface area contributed by atoms with E-state index in [0.717, 1.165) is 39.2 Å². The zero-order chi connectivity index (χ0) is 20.4. The van der Waals surface area contributed by atoms with Crippen molar-refractivity contribution in [1.82, 2.24) is 34.5 Å². The molecule has 0 radical (unpaired) electrons. The molecule has 2 saturated carbocycles. The second-order valence-electron chi connectivity index (χ2n) is 8.66. The molecule has 2 aliphatic rings. The number of hydrogen-bond donors (Lipinski definition) is 1. The van der Waals surface area contributed by atoms with Crippen LogP contribution >= 0.6 is 0 Å². The molecule has 0 aliphatic heterocycles. The van der Waals surface area contributed by atoms with Gasteiger partial charge in [0.05, 0.1) is 23.2 Å². The van der Waals surface area contributed by atoms with E-state index < -0.39 is 0 Å². The van der Waals surface area contributed by atoms with Gasteiger partial charge in [-0.25, -0.2) is 4.98 Å². The number of H-pyrrole nitrogens is 1. The molecule has 2 aliphatic carbocycles. The van der Waals surface area contributed by atoms with Gasteiger partial charge in [0.15, 0.2) is 5.82 Å². The summed E-state index contributed by atoms with van der Waals surface area (Å²) >= 11 is 0. The monoisotopic (exact) mass is 407 g/mol. The fourth-order valence-electron chi connectivity index (χ4n) is 4.33. The van der Waals surface area contributed by atoms with E-state index in [2.05, 4.69) is 83.2 Å². The van der Waals surface area contributed by atoms with E-state index in [0.29, 0.717) is 12.0 Å². The van der Waals surface area contributed by atoms with Gasteiger partial charge in [-0.3, -0.25) is 5.10 Å². The smallest absolute Gasteiger partial charge is 0.164 e. The summed E-state index contributed by atoms with van der Waals surface area (Å²) in [5.74, 6) is 1.58. The molecule has 2 fully saturated rings. The van der Waals surface area contributed by atoms with E-state index in [4.69, 9.17) is 0 Å². The summed E-state index contributed by atoms with van der Waals surface area (Å²) in [6.45, 7) is 0. The second kappa shape index (κ2) is 6.38. The minimum Gasteiger partial charge on any atom is -0.310 e. The first-order valence-electron chi connectivity index (χ1n) is 10.9. The fraction of sp³-hybridized carbons (Fsp3) is 0.250. The number of fused-ring (bicyclic) bond motifs is 1. The van der Waals surface area contributed by atoms with E-state index in [-0.39, 0.29) is 0 Å². The zero-order valence-corrected chi connectivity index (χ0v) is 16.9. The molecule has 1 N–H and O–H groups in total. The van der Waals surface area contributed by atoms with Gasteiger partial charge >= 0.3 is 0 Å². The van der Waals surface area contributed by atoms with Gasteiger partial charge in [0.25, 0.3) is 0 Å². The van der Waals surface area contributed by atoms with Gasteiger partial charge in [-0.15, -0.1) is 10.2 Å². The number of nitrogens with zero attached hydrogens (tertiary/aromatic N) is 6. The predicted octanol–water partition coefficient (Wildman–Crippen LogP) is 4.89. The molecule has 5 aromatic rings. The van der Waals surface area contributed by atoms with Crippen molar-refractivity contribution in [2.45, 2.75) is 37.6 Å². The van der Waals surface area contributed by atoms with Crippen molar-refractivity contribution in [2.24, 2.45) is 0 Å². The van der Waals surface area contributed by atoms with Crippen LogP contribution in [0.5, 0.6) is 0 Å². The molecule has 3 heterocycles. The van der Waals surface area contributed by atoms with Crippen LogP contribution in [0.15, 0.2) is 61.3 Å². The average Bonchev–Trinajstić information content (AvgIpc) is 3.69. The Morgan fingerprint density at radius 1 is 0.935 bits per heavy atom. The highest BCUT2D eigenvalue weighted by Crippen LogP contribution is 2.40. The fourth-order valence-corrected chi connectivity index (χ4v) is 4.33. The van der Waals surface area contributed by atoms with Crippen molar-refractivity contribution in [2.75, 3.05) is 0 Å². The van der Waals surface area contributed by atoms with Crippen LogP contribution in [0.3, 0.4) is 0 Å². The van der Waals surface area contributed by atoms with Crippen LogP contribution in [0.25, 0.3) is 39.2 Å². The molecular formula is C24H21N7. The van der Waals surface area contributed by atoms with Crippen LogP contribution in [0, 0.1) is 0 Å². The highest BCUT2D eigenvalue weighted by Gasteiger charge is 2.27. The first-order chi connectivity index (χ1) is 15.3. The van der Waals surface area contributed by atoms with Crippen molar-refractivity contribution in [3.05, 3.63) is 67.0 Å². The van der Waals surface area contributed by atoms with Crippen molar-refractivity contribution in [3.63, 3.8) is 0 Å². The number of hydrogen-bond acceptors (Lipinski definition) is 4. The van der Waals surface area contributed by atoms with Crippen molar-refractivity contribution in [1.29, 1.82) is 0 Å². The highest BCUT2D eigenvalue weighted by molar-refractivity contribution is 5.95. The summed E-state index contributed by atoms with van der Waals surface area (Å²) in [6, 6.07) is 15.4. The third-order valence-electron chi connectivity index (χ3n) is 6.35. The van der Waals surface area contributed by atoms with Crippen LogP contribution in [-0.2, 0) is 0 Å². The third kappa shape index (κ3) is 2.88. The first kappa shape index (κ1) is 17.0. The number of aromatic amines is 1. The van der Waals surface area contributed by atoms with E-state index in [1.807, 2.05) is 12.7 Å². The minimum absolute atomic E-state index is 0.539. The maximum Gasteiger partial charge on any atom is 0.164 e. The molecular weight excluding hydrogens is 386 g/mol. The molecule has 0 amide bonds. The Morgan fingerprint density at radius 2 is 1.87 bits per heavy atom. The van der Waals surface area contributed by atoms with Gasteiger partial charge in [0.1, 0.15) is 6.33 Å². The molecule has 152 valence electrons. The Kier molecular flexibility index (Phi) is 3.50. The second-order valence-corrected chi connectivity index (χ2v) is 8.66. The number of nitrogens with one attached hydrogen (secondary N) is 1. The maximum atomic E-state index is 4.64. The molecule has 0 unspecified atom stereocenters. The normalized spacial score (nSPS) is 16.3. The van der Waals surface area contributed by atoms with Crippen LogP contribution in [-0.4, -0.2) is 34.5 Å². The number of benzene rings is 2. The number of rotatable bonds is 5. The van der Waals surface area contributed by atoms with Gasteiger partial charge in [-0.2, -0.15) is 5.10 Å². The highest BCUT2D eigenvalue weighted by atomic mass is 15.3. The molecule has 7 rings (SSSR count). The lowest BCUT2D eigenvalue weighted by Crippen LogP contribution is -1.95. The summed E-state index contributed by atoms with van der Waals surface area (Å²) in [6.07, 6.45) is 10.8. The van der Waals surface area contributed by atoms with Crippen LogP contribution in [0.4, 0.5) is 0 Å². The lowest BCUT2D eigenvalue weighted by molar-refractivity contribution is 0.746. The Balaban J connectivity index is 1.30. The lowest BCUT2D eigenvalue weighted by Gasteiger charge is -2.06. The summed E-state index contributed by atoms with van der Waals surface area (Å²) in [7, 11) is 0. The Bertz CT molecular complexity index is 1410. The Labute approximate surface area is 178 Å². The molecule has 0 spiro atoms. The molecule has 0 bridgehead atoms. The van der Waals surface area contributed by atoms with E-state index in [1.165, 1.54) is 31.4 Å². The molecule has 0 atom stereocenters. The minimum atomic E-state index is 0.539. The van der Waals surface area contributed by atoms with Gasteiger partial charge in [0.2, 0.25) is 0 Å². The van der Waals surface area contributed by atoms with Gasteiger partial charge in [0, 0.05) is 40.4 Å². The molecule has 7 heteroatoms. The van der Waals surface area contributed by atoms with Crippen LogP contribution in [0.2, 0.25) is 0 Å². The number of aromatic nitrogens is 7. The Hall–Kier alpha value is -3.74. The van der Waals surface area contributed by atoms with Crippen molar-refractivity contribution in [3.8, 4) is 28.3 Å². The zero-order valence-electron chi connectivity index (χ0n) is 16.9. The van der Waals surface area contributed by atoms with Gasteiger partial charge in [-0.05, 0) is 56.0 Å². The molecule has 31 heavy (non-hydrogen) atoms. The van der Waals surface area contributed by atoms with Gasteiger partial charge < -0.3 is 9.13 Å². The lowest BCUT2D eigenvalue weighted by atomic mass is 10.0. The van der Waals surface area contributed by atoms with Crippen molar-refractivity contribution >= 4 is 10.9 Å². The van der Waals surface area contributed by atoms with Crippen LogP contribution in [0.1, 0.15) is 43.3 Å². The average molecular weight is 407 g/mol.